The number of rotatable bonds is 3. The third kappa shape index (κ3) is 2.46. The van der Waals surface area contributed by atoms with Crippen LogP contribution in [-0.4, -0.2) is 40.8 Å². The number of aromatic nitrogens is 3. The molecule has 6 nitrogen and oxygen atoms in total. The summed E-state index contributed by atoms with van der Waals surface area (Å²) >= 11 is 0. The molecule has 0 aliphatic carbocycles. The molecule has 0 saturated carbocycles. The van der Waals surface area contributed by atoms with Gasteiger partial charge in [0.1, 0.15) is 10.7 Å². The zero-order chi connectivity index (χ0) is 14.0. The van der Waals surface area contributed by atoms with E-state index in [4.69, 9.17) is 0 Å². The summed E-state index contributed by atoms with van der Waals surface area (Å²) in [6, 6.07) is 3.22. The smallest absolute Gasteiger partial charge is 0.244 e. The van der Waals surface area contributed by atoms with E-state index in [-0.39, 0.29) is 10.8 Å². The fraction of sp³-hybridized carbons (Fsp3) is 0.385. The molecule has 0 aromatic carbocycles. The van der Waals surface area contributed by atoms with Gasteiger partial charge in [-0.1, -0.05) is 0 Å². The molecule has 1 atom stereocenters. The van der Waals surface area contributed by atoms with Crippen molar-refractivity contribution in [2.75, 3.05) is 13.1 Å². The molecule has 1 aliphatic rings. The fourth-order valence-electron chi connectivity index (χ4n) is 2.53. The van der Waals surface area contributed by atoms with Gasteiger partial charge in [-0.25, -0.2) is 13.4 Å². The Morgan fingerprint density at radius 2 is 2.25 bits per heavy atom. The SMILES string of the molecule is O=S(=O)(c1cccnc1)N1CCC[C@@H](c2ncc[nH]2)C1. The molecule has 7 heteroatoms. The first kappa shape index (κ1) is 13.3. The Morgan fingerprint density at radius 3 is 2.95 bits per heavy atom. The third-order valence-electron chi connectivity index (χ3n) is 3.56. The quantitative estimate of drug-likeness (QED) is 0.926. The van der Waals surface area contributed by atoms with Crippen LogP contribution in [0.25, 0.3) is 0 Å². The van der Waals surface area contributed by atoms with E-state index >= 15 is 0 Å². The number of aromatic amines is 1. The van der Waals surface area contributed by atoms with Gasteiger partial charge in [-0.3, -0.25) is 4.98 Å². The number of nitrogens with one attached hydrogen (secondary N) is 1. The van der Waals surface area contributed by atoms with E-state index in [9.17, 15) is 8.42 Å². The van der Waals surface area contributed by atoms with E-state index in [0.717, 1.165) is 18.7 Å². The minimum absolute atomic E-state index is 0.130. The van der Waals surface area contributed by atoms with Gasteiger partial charge in [0.25, 0.3) is 0 Å². The first-order valence-electron chi connectivity index (χ1n) is 6.57. The maximum atomic E-state index is 12.6. The summed E-state index contributed by atoms with van der Waals surface area (Å²) in [5.41, 5.74) is 0. The highest BCUT2D eigenvalue weighted by molar-refractivity contribution is 7.89. The van der Waals surface area contributed by atoms with E-state index in [2.05, 4.69) is 15.0 Å². The van der Waals surface area contributed by atoms with Gasteiger partial charge in [0.2, 0.25) is 10.0 Å². The number of hydrogen-bond donors (Lipinski definition) is 1. The molecule has 0 radical (unpaired) electrons. The lowest BCUT2D eigenvalue weighted by Gasteiger charge is -2.30. The lowest BCUT2D eigenvalue weighted by molar-refractivity contribution is 0.310. The van der Waals surface area contributed by atoms with Crippen LogP contribution < -0.4 is 0 Å². The van der Waals surface area contributed by atoms with E-state index < -0.39 is 10.0 Å². The molecule has 2 aromatic rings. The van der Waals surface area contributed by atoms with Crippen LogP contribution in [0, 0.1) is 0 Å². The molecular formula is C13H16N4O2S. The van der Waals surface area contributed by atoms with Crippen molar-refractivity contribution in [3.63, 3.8) is 0 Å². The molecule has 2 aromatic heterocycles. The Morgan fingerprint density at radius 1 is 1.35 bits per heavy atom. The lowest BCUT2D eigenvalue weighted by atomic mass is 9.99. The van der Waals surface area contributed by atoms with Crippen molar-refractivity contribution >= 4 is 10.0 Å². The molecular weight excluding hydrogens is 276 g/mol. The van der Waals surface area contributed by atoms with Crippen molar-refractivity contribution in [2.45, 2.75) is 23.7 Å². The van der Waals surface area contributed by atoms with Crippen LogP contribution in [0.3, 0.4) is 0 Å². The van der Waals surface area contributed by atoms with Crippen molar-refractivity contribution < 1.29 is 8.42 Å². The molecule has 1 N–H and O–H groups in total. The van der Waals surface area contributed by atoms with Crippen molar-refractivity contribution in [2.24, 2.45) is 0 Å². The molecule has 1 fully saturated rings. The number of piperidine rings is 1. The average molecular weight is 292 g/mol. The second-order valence-electron chi connectivity index (χ2n) is 4.87. The summed E-state index contributed by atoms with van der Waals surface area (Å²) in [4.78, 5) is 11.5. The highest BCUT2D eigenvalue weighted by Gasteiger charge is 2.31. The van der Waals surface area contributed by atoms with Gasteiger partial charge in [0.05, 0.1) is 0 Å². The Hall–Kier alpha value is -1.73. The molecule has 1 saturated heterocycles. The lowest BCUT2D eigenvalue weighted by Crippen LogP contribution is -2.39. The maximum absolute atomic E-state index is 12.6. The summed E-state index contributed by atoms with van der Waals surface area (Å²) in [7, 11) is -3.46. The largest absolute Gasteiger partial charge is 0.348 e. The number of H-pyrrole nitrogens is 1. The summed E-state index contributed by atoms with van der Waals surface area (Å²) in [6.07, 6.45) is 8.22. The minimum Gasteiger partial charge on any atom is -0.348 e. The van der Waals surface area contributed by atoms with Gasteiger partial charge >= 0.3 is 0 Å². The highest BCUT2D eigenvalue weighted by atomic mass is 32.2. The van der Waals surface area contributed by atoms with Gasteiger partial charge in [0.15, 0.2) is 0 Å². The third-order valence-corrected chi connectivity index (χ3v) is 5.41. The summed E-state index contributed by atoms with van der Waals surface area (Å²) in [6.45, 7) is 1.01. The molecule has 0 spiro atoms. The maximum Gasteiger partial charge on any atom is 0.244 e. The Kier molecular flexibility index (Phi) is 3.54. The van der Waals surface area contributed by atoms with Crippen LogP contribution >= 0.6 is 0 Å². The predicted octanol–water partition coefficient (Wildman–Crippen LogP) is 1.37. The predicted molar refractivity (Wildman–Crippen MR) is 73.6 cm³/mol. The van der Waals surface area contributed by atoms with Crippen LogP contribution in [0.15, 0.2) is 41.8 Å². The fourth-order valence-corrected chi connectivity index (χ4v) is 4.02. The summed E-state index contributed by atoms with van der Waals surface area (Å²) in [5.74, 6) is 0.987. The molecule has 3 heterocycles. The Bertz CT molecular complexity index is 655. The minimum atomic E-state index is -3.46. The van der Waals surface area contributed by atoms with Crippen LogP contribution in [0.1, 0.15) is 24.6 Å². The number of sulfonamides is 1. The Labute approximate surface area is 117 Å². The zero-order valence-corrected chi connectivity index (χ0v) is 11.8. The van der Waals surface area contributed by atoms with Crippen LogP contribution in [0.4, 0.5) is 0 Å². The molecule has 1 aliphatic heterocycles. The van der Waals surface area contributed by atoms with Gasteiger partial charge in [-0.05, 0) is 25.0 Å². The number of hydrogen-bond acceptors (Lipinski definition) is 4. The van der Waals surface area contributed by atoms with E-state index in [1.807, 2.05) is 0 Å². The Balaban J connectivity index is 1.84. The van der Waals surface area contributed by atoms with E-state index in [1.165, 1.54) is 10.5 Å². The van der Waals surface area contributed by atoms with Crippen molar-refractivity contribution in [3.05, 3.63) is 42.7 Å². The van der Waals surface area contributed by atoms with Crippen LogP contribution in [0.2, 0.25) is 0 Å². The molecule has 0 unspecified atom stereocenters. The second kappa shape index (κ2) is 5.34. The van der Waals surface area contributed by atoms with Crippen molar-refractivity contribution in [1.82, 2.24) is 19.3 Å². The van der Waals surface area contributed by atoms with Crippen molar-refractivity contribution in [3.8, 4) is 0 Å². The standard InChI is InChI=1S/C13H16N4O2S/c18-20(19,12-4-1-5-14-9-12)17-8-2-3-11(10-17)13-15-6-7-16-13/h1,4-7,9,11H,2-3,8,10H2,(H,15,16)/t11-/m1/s1. The number of pyridine rings is 1. The summed E-state index contributed by atoms with van der Waals surface area (Å²) in [5, 5.41) is 0. The number of nitrogens with zero attached hydrogens (tertiary/aromatic N) is 3. The first-order valence-corrected chi connectivity index (χ1v) is 8.01. The van der Waals surface area contributed by atoms with Crippen LogP contribution in [0.5, 0.6) is 0 Å². The monoisotopic (exact) mass is 292 g/mol. The summed E-state index contributed by atoms with van der Waals surface area (Å²) < 4.78 is 26.6. The average Bonchev–Trinajstić information content (AvgIpc) is 3.03. The molecule has 20 heavy (non-hydrogen) atoms. The van der Waals surface area contributed by atoms with Gasteiger partial charge in [-0.15, -0.1) is 0 Å². The highest BCUT2D eigenvalue weighted by Crippen LogP contribution is 2.28. The molecule has 0 amide bonds. The van der Waals surface area contributed by atoms with Crippen LogP contribution in [-0.2, 0) is 10.0 Å². The zero-order valence-electron chi connectivity index (χ0n) is 10.9. The molecule has 106 valence electrons. The number of imidazole rings is 1. The first-order chi connectivity index (χ1) is 9.68. The van der Waals surface area contributed by atoms with Gasteiger partial charge < -0.3 is 4.98 Å². The molecule has 0 bridgehead atoms. The van der Waals surface area contributed by atoms with Gasteiger partial charge in [0, 0.05) is 43.8 Å². The topological polar surface area (TPSA) is 79.0 Å². The van der Waals surface area contributed by atoms with Gasteiger partial charge in [-0.2, -0.15) is 4.31 Å². The van der Waals surface area contributed by atoms with Crippen molar-refractivity contribution in [1.29, 1.82) is 0 Å². The van der Waals surface area contributed by atoms with E-state index in [1.54, 1.807) is 30.7 Å². The normalized spacial score (nSPS) is 20.9. The molecule has 3 rings (SSSR count). The second-order valence-corrected chi connectivity index (χ2v) is 6.80. The van der Waals surface area contributed by atoms with E-state index in [0.29, 0.717) is 13.1 Å².